The number of benzene rings is 12. The van der Waals surface area contributed by atoms with Crippen molar-refractivity contribution in [3.8, 4) is 78.3 Å². The first kappa shape index (κ1) is 111. The second kappa shape index (κ2) is 55.9. The number of aromatic carboxylic acids is 4. The molecule has 792 valence electrons. The van der Waals surface area contributed by atoms with E-state index in [-0.39, 0.29) is 172 Å². The fraction of sp³-hybridized carbons (Fsp3) is 0.392. The minimum atomic E-state index is -1.45. The molecule has 13 aromatic rings. The Balaban J connectivity index is 0.931. The predicted molar refractivity (Wildman–Crippen MR) is 583 cm³/mol. The molecule has 0 spiro atoms. The van der Waals surface area contributed by atoms with Crippen LogP contribution < -0.4 is 9.47 Å². The highest BCUT2D eigenvalue weighted by Gasteiger charge is 2.50. The van der Waals surface area contributed by atoms with E-state index in [1.54, 1.807) is 62.8 Å². The van der Waals surface area contributed by atoms with E-state index in [0.29, 0.717) is 73.0 Å². The molecule has 6 N–H and O–H groups in total. The van der Waals surface area contributed by atoms with Gasteiger partial charge in [-0.3, -0.25) is 0 Å². The third-order valence-corrected chi connectivity index (χ3v) is 28.6. The standard InChI is InChI=1S/C125H143NO24/c1-7-9-11-13-15-23-29-99(30-24-16-14-12-10-8-2)126-116-75-91(104-81-114-108(71-85(104)3)100-41-33-89(87-25-19-17-20-26-87)73-112(100)124(114,95-37-31-93(106(77-95)120(129)130)83-147-65-63-143-57-55-139-49-47-127)97-39-45-118(110(79-97)122(133)134)149-69-67-145-61-59-141-53-51-137-5)35-43-102(116)103-44-36-92(76-117(103)126)105-82-115-109(72-86(105)4)101-42-34-90(88-27-21-18-22-28-88)74-113(101)125(115,96-38-32-94(107(78-96)121(131)132)84-148-66-64-144-58-56-140-50-48-128)98-40-46-119(111(80-98)123(135)136)150-70-68-146-62-60-142-54-52-138-6/h17-22,25-28,31-46,71-82,99,127-128H,7-16,23-24,29-30,47-70,83-84H2,1-6H3,(H,129,130)(H,131,132)(H,133,134)(H,135,136). The smallest absolute Gasteiger partial charge is 0.339 e. The van der Waals surface area contributed by atoms with Gasteiger partial charge in [-0.25, -0.2) is 19.2 Å². The van der Waals surface area contributed by atoms with Crippen LogP contribution in [0.3, 0.4) is 0 Å². The lowest BCUT2D eigenvalue weighted by molar-refractivity contribution is 0.00435. The normalized spacial score (nSPS) is 14.0. The maximum Gasteiger partial charge on any atom is 0.339 e. The number of rotatable bonds is 67. The molecule has 15 rings (SSSR count). The number of aliphatic hydroxyl groups is 2. The van der Waals surface area contributed by atoms with E-state index in [0.717, 1.165) is 199 Å². The molecule has 1 heterocycles. The van der Waals surface area contributed by atoms with Gasteiger partial charge in [-0.15, -0.1) is 0 Å². The molecule has 0 bridgehead atoms. The van der Waals surface area contributed by atoms with Crippen molar-refractivity contribution in [2.75, 3.05) is 173 Å². The van der Waals surface area contributed by atoms with E-state index in [2.05, 4.69) is 154 Å². The van der Waals surface area contributed by atoms with Crippen LogP contribution in [-0.4, -0.2) is 232 Å². The molecule has 0 radical (unpaired) electrons. The van der Waals surface area contributed by atoms with Crippen molar-refractivity contribution in [1.29, 1.82) is 0 Å². The van der Waals surface area contributed by atoms with Gasteiger partial charge >= 0.3 is 23.9 Å². The molecule has 12 aromatic carbocycles. The minimum Gasteiger partial charge on any atom is -0.490 e. The van der Waals surface area contributed by atoms with Gasteiger partial charge in [0.15, 0.2) is 0 Å². The lowest BCUT2D eigenvalue weighted by Gasteiger charge is -2.35. The Kier molecular flexibility index (Phi) is 41.6. The minimum absolute atomic E-state index is 0.00736. The third kappa shape index (κ3) is 26.6. The lowest BCUT2D eigenvalue weighted by atomic mass is 9.66. The summed E-state index contributed by atoms with van der Waals surface area (Å²) in [6.45, 7) is 13.9. The average Bonchev–Trinajstić information content (AvgIpc) is 1.53. The predicted octanol–water partition coefficient (Wildman–Crippen LogP) is 23.8. The van der Waals surface area contributed by atoms with Gasteiger partial charge in [-0.05, 0) is 233 Å². The Morgan fingerprint density at radius 2 is 0.607 bits per heavy atom. The molecule has 0 fully saturated rings. The number of unbranched alkanes of at least 4 members (excludes halogenated alkanes) is 10. The van der Waals surface area contributed by atoms with Gasteiger partial charge in [-0.1, -0.05) is 249 Å². The van der Waals surface area contributed by atoms with Gasteiger partial charge in [0.05, 0.1) is 181 Å². The van der Waals surface area contributed by atoms with Gasteiger partial charge < -0.3 is 102 Å². The van der Waals surface area contributed by atoms with Crippen LogP contribution in [0.2, 0.25) is 0 Å². The van der Waals surface area contributed by atoms with Crippen LogP contribution in [-0.2, 0) is 80.9 Å². The number of aromatic nitrogens is 1. The summed E-state index contributed by atoms with van der Waals surface area (Å²) in [6.07, 6.45) is 15.1. The fourth-order valence-corrected chi connectivity index (χ4v) is 21.4. The molecule has 25 nitrogen and oxygen atoms in total. The van der Waals surface area contributed by atoms with Crippen LogP contribution >= 0.6 is 0 Å². The number of hydrogen-bond acceptors (Lipinski definition) is 20. The molecular weight excluding hydrogens is 1900 g/mol. The molecule has 25 heteroatoms. The molecule has 2 aliphatic rings. The van der Waals surface area contributed by atoms with E-state index < -0.39 is 34.7 Å². The number of hydrogen-bond donors (Lipinski definition) is 6. The summed E-state index contributed by atoms with van der Waals surface area (Å²) < 4.78 is 83.5. The van der Waals surface area contributed by atoms with Crippen molar-refractivity contribution in [1.82, 2.24) is 4.57 Å². The average molecular weight is 2040 g/mol. The first-order chi connectivity index (χ1) is 73.4. The zero-order valence-electron chi connectivity index (χ0n) is 87.3. The van der Waals surface area contributed by atoms with Gasteiger partial charge in [0.2, 0.25) is 0 Å². The highest BCUT2D eigenvalue weighted by molar-refractivity contribution is 6.11. The quantitative estimate of drug-likeness (QED) is 0.0193. The van der Waals surface area contributed by atoms with Crippen molar-refractivity contribution >= 4 is 45.7 Å². The summed E-state index contributed by atoms with van der Waals surface area (Å²) in [4.78, 5) is 57.0. The number of nitrogens with zero attached hydrogens (tertiary/aromatic N) is 1. The molecule has 0 amide bonds. The molecule has 0 saturated heterocycles. The molecule has 2 atom stereocenters. The molecule has 2 aliphatic carbocycles. The van der Waals surface area contributed by atoms with E-state index in [4.69, 9.17) is 66.3 Å². The maximum absolute atomic E-state index is 14.3. The summed E-state index contributed by atoms with van der Waals surface area (Å²) in [5.74, 6) is -4.62. The van der Waals surface area contributed by atoms with Crippen molar-refractivity contribution in [2.45, 2.75) is 148 Å². The van der Waals surface area contributed by atoms with E-state index >= 15 is 0 Å². The fourth-order valence-electron chi connectivity index (χ4n) is 21.4. The Labute approximate surface area is 879 Å². The second-order valence-corrected chi connectivity index (χ2v) is 38.3. The van der Waals surface area contributed by atoms with Crippen molar-refractivity contribution < 1.29 is 116 Å². The van der Waals surface area contributed by atoms with Crippen LogP contribution in [0.5, 0.6) is 11.5 Å². The Hall–Kier alpha value is -12.6. The summed E-state index contributed by atoms with van der Waals surface area (Å²) in [5.41, 5.74) is 17.9. The summed E-state index contributed by atoms with van der Waals surface area (Å²) in [6, 6.07) is 77.2. The molecule has 0 saturated carbocycles. The zero-order chi connectivity index (χ0) is 105. The largest absolute Gasteiger partial charge is 0.490 e. The number of carbonyl (C=O) groups is 4. The molecule has 0 aliphatic heterocycles. The first-order valence-corrected chi connectivity index (χ1v) is 52.9. The number of carboxylic acid groups (broad SMARTS) is 4. The summed E-state index contributed by atoms with van der Waals surface area (Å²) >= 11 is 0. The van der Waals surface area contributed by atoms with Gasteiger partial charge in [0.1, 0.15) is 35.8 Å². The monoisotopic (exact) mass is 2040 g/mol. The summed E-state index contributed by atoms with van der Waals surface area (Å²) in [7, 11) is 3.22. The second-order valence-electron chi connectivity index (χ2n) is 38.3. The van der Waals surface area contributed by atoms with Gasteiger partial charge in [0.25, 0.3) is 0 Å². The van der Waals surface area contributed by atoms with Crippen LogP contribution in [0, 0.1) is 13.8 Å². The van der Waals surface area contributed by atoms with Crippen LogP contribution in [0.1, 0.15) is 218 Å². The highest BCUT2D eigenvalue weighted by atomic mass is 16.6. The van der Waals surface area contributed by atoms with Crippen molar-refractivity contribution in [3.05, 3.63) is 320 Å². The number of aryl methyl sites for hydroxylation is 2. The Bertz CT molecular complexity index is 6110. The zero-order valence-corrected chi connectivity index (χ0v) is 87.3. The molecule has 150 heavy (non-hydrogen) atoms. The lowest BCUT2D eigenvalue weighted by Crippen LogP contribution is -2.30. The van der Waals surface area contributed by atoms with E-state index in [1.807, 2.05) is 60.7 Å². The van der Waals surface area contributed by atoms with Crippen molar-refractivity contribution in [2.24, 2.45) is 0 Å². The SMILES string of the molecule is CCCCCCCCC(CCCCCCCC)n1c2cc(-c3cc4c(cc3C)-c3ccc(-c5ccccc5)cc3C4(c3ccc(COCCOCCOCCO)c(C(=O)O)c3)c3ccc(OCCOCCOCCOC)c(C(=O)O)c3)ccc2c2ccc(-c3cc4c(cc3C)-c3ccc(-c5ccccc5)cc3C4(c3ccc(COCCOCCOCCO)c(C(=O)O)c3)c3ccc(OCCOCCOCCOC)c(C(=O)O)c3)cc21. The van der Waals surface area contributed by atoms with Gasteiger partial charge in [-0.2, -0.15) is 0 Å². The molecular formula is C125H143NO24. The number of fused-ring (bicyclic) bond motifs is 9. The van der Waals surface area contributed by atoms with E-state index in [1.165, 1.54) is 12.8 Å². The van der Waals surface area contributed by atoms with Crippen molar-refractivity contribution in [3.63, 3.8) is 0 Å². The first-order valence-electron chi connectivity index (χ1n) is 52.9. The summed E-state index contributed by atoms with van der Waals surface area (Å²) in [5, 5.41) is 67.1. The molecule has 1 aromatic heterocycles. The van der Waals surface area contributed by atoms with Crippen LogP contribution in [0.15, 0.2) is 231 Å². The Morgan fingerprint density at radius 3 is 0.967 bits per heavy atom. The number of aliphatic hydroxyl groups excluding tert-OH is 2. The third-order valence-electron chi connectivity index (χ3n) is 28.6. The number of methoxy groups -OCH3 is 2. The van der Waals surface area contributed by atoms with Gasteiger partial charge in [0, 0.05) is 42.1 Å². The maximum atomic E-state index is 14.3. The topological polar surface area (TPSA) is 324 Å². The number of carboxylic acids is 4. The number of ether oxygens (including phenoxy) is 14. The van der Waals surface area contributed by atoms with E-state index in [9.17, 15) is 49.8 Å². The molecule has 2 unspecified atom stereocenters. The highest BCUT2D eigenvalue weighted by Crippen LogP contribution is 2.62. The van der Waals surface area contributed by atoms with Crippen LogP contribution in [0.4, 0.5) is 0 Å². The Morgan fingerprint density at radius 1 is 0.287 bits per heavy atom. The van der Waals surface area contributed by atoms with Crippen LogP contribution in [0.25, 0.3) is 88.6 Å².